The van der Waals surface area contributed by atoms with Crippen LogP contribution in [0.2, 0.25) is 5.15 Å². The number of hydrogen-bond acceptors (Lipinski definition) is 5. The van der Waals surface area contributed by atoms with E-state index in [1.54, 1.807) is 10.6 Å². The van der Waals surface area contributed by atoms with E-state index < -0.39 is 0 Å². The lowest BCUT2D eigenvalue weighted by atomic mass is 10.3. The first kappa shape index (κ1) is 11.1. The van der Waals surface area contributed by atoms with Crippen LogP contribution in [0.1, 0.15) is 12.8 Å². The molecule has 2 aromatic rings. The zero-order valence-electron chi connectivity index (χ0n) is 8.60. The second-order valence-electron chi connectivity index (χ2n) is 3.29. The minimum absolute atomic E-state index is 0.206. The molecule has 2 aromatic heterocycles. The van der Waals surface area contributed by atoms with Gasteiger partial charge in [-0.1, -0.05) is 11.6 Å². The monoisotopic (exact) mass is 241 g/mol. The fraction of sp³-hybridized carbons (Fsp3) is 0.444. The first-order valence-corrected chi connectivity index (χ1v) is 5.40. The first-order valence-electron chi connectivity index (χ1n) is 5.02. The van der Waals surface area contributed by atoms with Gasteiger partial charge in [-0.15, -0.1) is 0 Å². The minimum Gasteiger partial charge on any atom is -0.396 e. The van der Waals surface area contributed by atoms with Gasteiger partial charge in [-0.25, -0.2) is 0 Å². The van der Waals surface area contributed by atoms with Gasteiger partial charge < -0.3 is 10.4 Å². The van der Waals surface area contributed by atoms with Crippen molar-refractivity contribution in [3.8, 4) is 0 Å². The van der Waals surface area contributed by atoms with Crippen molar-refractivity contribution in [2.75, 3.05) is 18.5 Å². The predicted octanol–water partition coefficient (Wildman–Crippen LogP) is 0.962. The smallest absolute Gasteiger partial charge is 0.255 e. The van der Waals surface area contributed by atoms with E-state index in [-0.39, 0.29) is 6.61 Å². The van der Waals surface area contributed by atoms with E-state index in [9.17, 15) is 0 Å². The summed E-state index contributed by atoms with van der Waals surface area (Å²) in [4.78, 5) is 7.98. The number of nitrogens with one attached hydrogen (secondary N) is 1. The van der Waals surface area contributed by atoms with E-state index in [0.29, 0.717) is 10.9 Å². The van der Waals surface area contributed by atoms with Gasteiger partial charge in [0.05, 0.1) is 0 Å². The van der Waals surface area contributed by atoms with Crippen molar-refractivity contribution in [3.05, 3.63) is 17.5 Å². The van der Waals surface area contributed by atoms with E-state index >= 15 is 0 Å². The molecule has 0 atom stereocenters. The average molecular weight is 242 g/mol. The number of unbranched alkanes of at least 4 members (excludes halogenated alkanes) is 1. The number of nitrogens with zero attached hydrogens (tertiary/aromatic N) is 4. The Kier molecular flexibility index (Phi) is 3.53. The second kappa shape index (κ2) is 5.09. The lowest BCUT2D eigenvalue weighted by molar-refractivity contribution is 0.286. The van der Waals surface area contributed by atoms with Gasteiger partial charge >= 0.3 is 0 Å². The van der Waals surface area contributed by atoms with Crippen molar-refractivity contribution in [3.63, 3.8) is 0 Å². The molecule has 0 unspecified atom stereocenters. The average Bonchev–Trinajstić information content (AvgIpc) is 2.72. The van der Waals surface area contributed by atoms with E-state index in [4.69, 9.17) is 16.7 Å². The molecule has 86 valence electrons. The molecule has 2 heterocycles. The Bertz CT molecular complexity index is 472. The van der Waals surface area contributed by atoms with Gasteiger partial charge in [0.2, 0.25) is 0 Å². The van der Waals surface area contributed by atoms with Gasteiger partial charge in [0.25, 0.3) is 5.78 Å². The molecule has 7 heteroatoms. The maximum Gasteiger partial charge on any atom is 0.255 e. The number of aliphatic hydroxyl groups excluding tert-OH is 1. The van der Waals surface area contributed by atoms with Gasteiger partial charge in [0.15, 0.2) is 0 Å². The van der Waals surface area contributed by atoms with Crippen molar-refractivity contribution >= 4 is 23.2 Å². The van der Waals surface area contributed by atoms with Crippen molar-refractivity contribution in [1.82, 2.24) is 19.6 Å². The highest BCUT2D eigenvalue weighted by Crippen LogP contribution is 2.14. The molecule has 0 saturated carbocycles. The van der Waals surface area contributed by atoms with Gasteiger partial charge in [-0.2, -0.15) is 19.6 Å². The molecule has 0 aliphatic rings. The van der Waals surface area contributed by atoms with Crippen molar-refractivity contribution in [2.24, 2.45) is 0 Å². The zero-order chi connectivity index (χ0) is 11.4. The van der Waals surface area contributed by atoms with Crippen LogP contribution in [0.25, 0.3) is 5.78 Å². The second-order valence-corrected chi connectivity index (χ2v) is 3.68. The molecule has 0 radical (unpaired) electrons. The molecule has 0 amide bonds. The fourth-order valence-corrected chi connectivity index (χ4v) is 1.54. The zero-order valence-corrected chi connectivity index (χ0v) is 9.35. The van der Waals surface area contributed by atoms with Crippen LogP contribution in [-0.4, -0.2) is 37.8 Å². The molecule has 2 N–H and O–H groups in total. The third-order valence-corrected chi connectivity index (χ3v) is 2.31. The number of aromatic nitrogens is 4. The molecule has 6 nitrogen and oxygen atoms in total. The van der Waals surface area contributed by atoms with Crippen LogP contribution in [0.5, 0.6) is 0 Å². The summed E-state index contributed by atoms with van der Waals surface area (Å²) in [5, 5.41) is 16.2. The standard InChI is InChI=1S/C9H12ClN5O/c10-7-5-8(11-3-1-2-4-16)15-9(14-7)12-6-13-15/h5-6,11,16H,1-4H2. The molecule has 0 saturated heterocycles. The van der Waals surface area contributed by atoms with Gasteiger partial charge in [0.1, 0.15) is 17.3 Å². The minimum atomic E-state index is 0.206. The maximum absolute atomic E-state index is 8.66. The number of rotatable bonds is 5. The van der Waals surface area contributed by atoms with Crippen LogP contribution < -0.4 is 5.32 Å². The first-order chi connectivity index (χ1) is 7.81. The highest BCUT2D eigenvalue weighted by Gasteiger charge is 2.05. The Morgan fingerprint density at radius 3 is 3.12 bits per heavy atom. The number of anilines is 1. The molecule has 2 rings (SSSR count). The summed E-state index contributed by atoms with van der Waals surface area (Å²) in [6.07, 6.45) is 3.08. The van der Waals surface area contributed by atoms with E-state index in [2.05, 4.69) is 20.4 Å². The number of aliphatic hydroxyl groups is 1. The van der Waals surface area contributed by atoms with Crippen LogP contribution in [0, 0.1) is 0 Å². The maximum atomic E-state index is 8.66. The lowest BCUT2D eigenvalue weighted by Crippen LogP contribution is -2.08. The molecule has 0 aromatic carbocycles. The summed E-state index contributed by atoms with van der Waals surface area (Å²) in [7, 11) is 0. The summed E-state index contributed by atoms with van der Waals surface area (Å²) >= 11 is 5.85. The Labute approximate surface area is 97.3 Å². The van der Waals surface area contributed by atoms with Gasteiger partial charge in [0, 0.05) is 19.2 Å². The van der Waals surface area contributed by atoms with Crippen molar-refractivity contribution < 1.29 is 5.11 Å². The topological polar surface area (TPSA) is 75.3 Å². The summed E-state index contributed by atoms with van der Waals surface area (Å²) in [6.45, 7) is 0.952. The molecule has 0 bridgehead atoms. The van der Waals surface area contributed by atoms with Gasteiger partial charge in [-0.3, -0.25) is 0 Å². The van der Waals surface area contributed by atoms with Crippen LogP contribution in [0.15, 0.2) is 12.4 Å². The molecular formula is C9H12ClN5O. The van der Waals surface area contributed by atoms with Crippen molar-refractivity contribution in [2.45, 2.75) is 12.8 Å². The molecule has 0 fully saturated rings. The van der Waals surface area contributed by atoms with Gasteiger partial charge in [-0.05, 0) is 12.8 Å². The molecule has 0 spiro atoms. The number of fused-ring (bicyclic) bond motifs is 1. The summed E-state index contributed by atoms with van der Waals surface area (Å²) < 4.78 is 1.59. The van der Waals surface area contributed by atoms with E-state index in [0.717, 1.165) is 25.2 Å². The fourth-order valence-electron chi connectivity index (χ4n) is 1.36. The van der Waals surface area contributed by atoms with Crippen LogP contribution in [0.4, 0.5) is 5.82 Å². The van der Waals surface area contributed by atoms with Crippen LogP contribution in [0.3, 0.4) is 0 Å². The third-order valence-electron chi connectivity index (χ3n) is 2.11. The highest BCUT2D eigenvalue weighted by atomic mass is 35.5. The quantitative estimate of drug-likeness (QED) is 0.603. The summed E-state index contributed by atoms with van der Waals surface area (Å²) in [5.41, 5.74) is 0. The SMILES string of the molecule is OCCCCNc1cc(Cl)nc2ncnn12. The molecular weight excluding hydrogens is 230 g/mol. The number of hydrogen-bond donors (Lipinski definition) is 2. The summed E-state index contributed by atoms with van der Waals surface area (Å²) in [5.74, 6) is 1.22. The van der Waals surface area contributed by atoms with Crippen molar-refractivity contribution in [1.29, 1.82) is 0 Å². The molecule has 16 heavy (non-hydrogen) atoms. The number of halogens is 1. The predicted molar refractivity (Wildman–Crippen MR) is 60.6 cm³/mol. The van der Waals surface area contributed by atoms with E-state index in [1.807, 2.05) is 0 Å². The largest absolute Gasteiger partial charge is 0.396 e. The third kappa shape index (κ3) is 2.40. The normalized spacial score (nSPS) is 10.9. The van der Waals surface area contributed by atoms with Crippen LogP contribution >= 0.6 is 11.6 Å². The lowest BCUT2D eigenvalue weighted by Gasteiger charge is -2.07. The van der Waals surface area contributed by atoms with E-state index in [1.165, 1.54) is 6.33 Å². The molecule has 0 aliphatic heterocycles. The Morgan fingerprint density at radius 2 is 2.31 bits per heavy atom. The Hall–Kier alpha value is -1.40. The van der Waals surface area contributed by atoms with Crippen LogP contribution in [-0.2, 0) is 0 Å². The highest BCUT2D eigenvalue weighted by molar-refractivity contribution is 6.29. The Morgan fingerprint density at radius 1 is 1.44 bits per heavy atom. The summed E-state index contributed by atoms with van der Waals surface area (Å²) in [6, 6.07) is 1.70. The Balaban J connectivity index is 2.12. The molecule has 0 aliphatic carbocycles.